The minimum atomic E-state index is -0.510. The third-order valence-electron chi connectivity index (χ3n) is 3.30. The molecule has 1 unspecified atom stereocenters. The van der Waals surface area contributed by atoms with Crippen LogP contribution in [0.15, 0.2) is 15.9 Å². The van der Waals surface area contributed by atoms with Crippen molar-refractivity contribution in [1.82, 2.24) is 15.5 Å². The number of piperazine rings is 1. The molecule has 0 saturated carbocycles. The van der Waals surface area contributed by atoms with E-state index in [9.17, 15) is 9.59 Å². The molecule has 1 fully saturated rings. The van der Waals surface area contributed by atoms with E-state index in [1.54, 1.807) is 13.0 Å². The van der Waals surface area contributed by atoms with Crippen LogP contribution in [-0.4, -0.2) is 48.4 Å². The molecule has 0 aromatic carbocycles. The highest BCUT2D eigenvalue weighted by Gasteiger charge is 2.28. The minimum Gasteiger partial charge on any atom is -0.340 e. The Morgan fingerprint density at radius 2 is 2.30 bits per heavy atom. The first kappa shape index (κ1) is 15.5. The number of amides is 2. The van der Waals surface area contributed by atoms with Gasteiger partial charge < -0.3 is 15.5 Å². The number of carbonyl (C=O) groups excluding carboxylic acids is 2. The SMILES string of the molecule is CC(NC(=O)c1ccc(Br)s1)C(=O)N1CCNC[C@H]1C. The van der Waals surface area contributed by atoms with Crippen LogP contribution in [0.2, 0.25) is 0 Å². The molecule has 110 valence electrons. The highest BCUT2D eigenvalue weighted by atomic mass is 79.9. The van der Waals surface area contributed by atoms with Crippen molar-refractivity contribution in [2.24, 2.45) is 0 Å². The molecule has 2 rings (SSSR count). The van der Waals surface area contributed by atoms with E-state index in [-0.39, 0.29) is 17.9 Å². The summed E-state index contributed by atoms with van der Waals surface area (Å²) in [5.74, 6) is -0.229. The third-order valence-corrected chi connectivity index (χ3v) is 4.92. The van der Waals surface area contributed by atoms with Gasteiger partial charge in [-0.2, -0.15) is 0 Å². The van der Waals surface area contributed by atoms with Crippen LogP contribution in [-0.2, 0) is 4.79 Å². The molecule has 2 amide bonds. The summed E-state index contributed by atoms with van der Waals surface area (Å²) in [5.41, 5.74) is 0. The molecule has 0 aliphatic carbocycles. The fourth-order valence-corrected chi connectivity index (χ4v) is 3.47. The molecule has 2 N–H and O–H groups in total. The highest BCUT2D eigenvalue weighted by molar-refractivity contribution is 9.11. The van der Waals surface area contributed by atoms with Gasteiger partial charge in [-0.15, -0.1) is 11.3 Å². The van der Waals surface area contributed by atoms with E-state index in [4.69, 9.17) is 0 Å². The topological polar surface area (TPSA) is 61.4 Å². The molecule has 0 bridgehead atoms. The van der Waals surface area contributed by atoms with Gasteiger partial charge in [-0.3, -0.25) is 9.59 Å². The van der Waals surface area contributed by atoms with Crippen molar-refractivity contribution in [3.63, 3.8) is 0 Å². The van der Waals surface area contributed by atoms with Crippen LogP contribution in [0.3, 0.4) is 0 Å². The van der Waals surface area contributed by atoms with Gasteiger partial charge in [0, 0.05) is 25.7 Å². The fraction of sp³-hybridized carbons (Fsp3) is 0.538. The van der Waals surface area contributed by atoms with Gasteiger partial charge >= 0.3 is 0 Å². The van der Waals surface area contributed by atoms with Crippen LogP contribution in [0.1, 0.15) is 23.5 Å². The highest BCUT2D eigenvalue weighted by Crippen LogP contribution is 2.22. The van der Waals surface area contributed by atoms with Crippen LogP contribution in [0.25, 0.3) is 0 Å². The lowest BCUT2D eigenvalue weighted by Crippen LogP contribution is -2.57. The molecule has 1 aromatic rings. The van der Waals surface area contributed by atoms with Gasteiger partial charge in [-0.05, 0) is 41.9 Å². The monoisotopic (exact) mass is 359 g/mol. The van der Waals surface area contributed by atoms with Gasteiger partial charge in [0.15, 0.2) is 0 Å². The van der Waals surface area contributed by atoms with Crippen molar-refractivity contribution < 1.29 is 9.59 Å². The summed E-state index contributed by atoms with van der Waals surface area (Å²) in [5, 5.41) is 6.01. The normalized spacial score (nSPS) is 20.6. The second-order valence-corrected chi connectivity index (χ2v) is 7.35. The van der Waals surface area contributed by atoms with Gasteiger partial charge in [0.2, 0.25) is 5.91 Å². The van der Waals surface area contributed by atoms with Gasteiger partial charge in [-0.25, -0.2) is 0 Å². The average Bonchev–Trinajstić information content (AvgIpc) is 2.85. The fourth-order valence-electron chi connectivity index (χ4n) is 2.18. The summed E-state index contributed by atoms with van der Waals surface area (Å²) in [6.45, 7) is 6.02. The first-order valence-corrected chi connectivity index (χ1v) is 8.17. The molecular weight excluding hydrogens is 342 g/mol. The first-order valence-electron chi connectivity index (χ1n) is 6.56. The lowest BCUT2D eigenvalue weighted by Gasteiger charge is -2.35. The zero-order chi connectivity index (χ0) is 14.7. The number of hydrogen-bond acceptors (Lipinski definition) is 4. The summed E-state index contributed by atoms with van der Waals surface area (Å²) >= 11 is 4.68. The van der Waals surface area contributed by atoms with Crippen molar-refractivity contribution in [2.45, 2.75) is 25.9 Å². The molecule has 1 aliphatic heterocycles. The van der Waals surface area contributed by atoms with E-state index < -0.39 is 6.04 Å². The maximum Gasteiger partial charge on any atom is 0.262 e. The molecule has 0 radical (unpaired) electrons. The van der Waals surface area contributed by atoms with Crippen LogP contribution in [0.4, 0.5) is 0 Å². The second kappa shape index (κ2) is 6.69. The number of carbonyl (C=O) groups is 2. The number of nitrogens with one attached hydrogen (secondary N) is 2. The predicted octanol–water partition coefficient (Wildman–Crippen LogP) is 1.45. The molecular formula is C13H18BrN3O2S. The smallest absolute Gasteiger partial charge is 0.262 e. The summed E-state index contributed by atoms with van der Waals surface area (Å²) in [6, 6.07) is 3.22. The quantitative estimate of drug-likeness (QED) is 0.858. The Balaban J connectivity index is 1.95. The standard InChI is InChI=1S/C13H18BrN3O2S/c1-8-7-15-5-6-17(8)13(19)9(2)16-12(18)10-3-4-11(14)20-10/h3-4,8-9,15H,5-7H2,1-2H3,(H,16,18)/t8-,9?/m1/s1. The molecule has 1 saturated heterocycles. The zero-order valence-corrected chi connectivity index (χ0v) is 13.9. The second-order valence-electron chi connectivity index (χ2n) is 4.88. The predicted molar refractivity (Wildman–Crippen MR) is 83.0 cm³/mol. The van der Waals surface area contributed by atoms with Gasteiger partial charge in [0.1, 0.15) is 6.04 Å². The molecule has 20 heavy (non-hydrogen) atoms. The Kier molecular flexibility index (Phi) is 5.17. The van der Waals surface area contributed by atoms with Gasteiger partial charge in [0.05, 0.1) is 8.66 Å². The minimum absolute atomic E-state index is 0.0250. The van der Waals surface area contributed by atoms with Crippen LogP contribution in [0, 0.1) is 0 Å². The van der Waals surface area contributed by atoms with E-state index >= 15 is 0 Å². The van der Waals surface area contributed by atoms with E-state index in [0.717, 1.165) is 16.9 Å². The lowest BCUT2D eigenvalue weighted by atomic mass is 10.1. The maximum absolute atomic E-state index is 12.4. The van der Waals surface area contributed by atoms with E-state index in [1.807, 2.05) is 17.9 Å². The van der Waals surface area contributed by atoms with Crippen LogP contribution in [0.5, 0.6) is 0 Å². The number of halogens is 1. The van der Waals surface area contributed by atoms with Gasteiger partial charge in [-0.1, -0.05) is 0 Å². The molecule has 0 spiro atoms. The number of nitrogens with zero attached hydrogens (tertiary/aromatic N) is 1. The summed E-state index contributed by atoms with van der Waals surface area (Å²) < 4.78 is 0.900. The maximum atomic E-state index is 12.4. The van der Waals surface area contributed by atoms with Crippen molar-refractivity contribution in [2.75, 3.05) is 19.6 Å². The molecule has 5 nitrogen and oxygen atoms in total. The van der Waals surface area contributed by atoms with Crippen LogP contribution < -0.4 is 10.6 Å². The van der Waals surface area contributed by atoms with Crippen LogP contribution >= 0.6 is 27.3 Å². The Morgan fingerprint density at radius 3 is 2.90 bits per heavy atom. The number of hydrogen-bond donors (Lipinski definition) is 2. The largest absolute Gasteiger partial charge is 0.340 e. The summed E-state index contributed by atoms with van der Waals surface area (Å²) in [7, 11) is 0. The Hall–Kier alpha value is -0.920. The molecule has 1 aromatic heterocycles. The average molecular weight is 360 g/mol. The van der Waals surface area contributed by atoms with Crippen molar-refractivity contribution in [3.8, 4) is 0 Å². The van der Waals surface area contributed by atoms with Crippen molar-refractivity contribution in [1.29, 1.82) is 0 Å². The van der Waals surface area contributed by atoms with Gasteiger partial charge in [0.25, 0.3) is 5.91 Å². The van der Waals surface area contributed by atoms with E-state index in [2.05, 4.69) is 26.6 Å². The number of rotatable bonds is 3. The van der Waals surface area contributed by atoms with E-state index in [1.165, 1.54) is 11.3 Å². The Bertz CT molecular complexity index is 506. The molecule has 2 atom stereocenters. The molecule has 7 heteroatoms. The molecule has 1 aliphatic rings. The number of thiophene rings is 1. The molecule has 2 heterocycles. The lowest BCUT2D eigenvalue weighted by molar-refractivity contribution is -0.135. The van der Waals surface area contributed by atoms with E-state index in [0.29, 0.717) is 11.4 Å². The Morgan fingerprint density at radius 1 is 1.55 bits per heavy atom. The third kappa shape index (κ3) is 3.59. The summed E-state index contributed by atoms with van der Waals surface area (Å²) in [4.78, 5) is 26.8. The summed E-state index contributed by atoms with van der Waals surface area (Å²) in [6.07, 6.45) is 0. The Labute approximate surface area is 130 Å². The van der Waals surface area contributed by atoms with Crippen molar-refractivity contribution in [3.05, 3.63) is 20.8 Å². The first-order chi connectivity index (χ1) is 9.49. The van der Waals surface area contributed by atoms with Crippen molar-refractivity contribution >= 4 is 39.1 Å². The zero-order valence-electron chi connectivity index (χ0n) is 11.5.